The minimum absolute atomic E-state index is 0.0936. The van der Waals surface area contributed by atoms with Gasteiger partial charge in [0.25, 0.3) is 0 Å². The zero-order chi connectivity index (χ0) is 18.0. The second kappa shape index (κ2) is 6.67. The Hall–Kier alpha value is -2.69. The molecular formula is C20H23NO4. The number of ether oxygens (including phenoxy) is 3. The van der Waals surface area contributed by atoms with E-state index < -0.39 is 5.41 Å². The first-order chi connectivity index (χ1) is 11.9. The molecule has 1 aliphatic heterocycles. The molecule has 0 aromatic heterocycles. The summed E-state index contributed by atoms with van der Waals surface area (Å²) in [6, 6.07) is 13.0. The Morgan fingerprint density at radius 1 is 1.08 bits per heavy atom. The third kappa shape index (κ3) is 3.71. The first kappa shape index (κ1) is 17.1. The van der Waals surface area contributed by atoms with Crippen molar-refractivity contribution in [3.63, 3.8) is 0 Å². The Morgan fingerprint density at radius 2 is 1.76 bits per heavy atom. The Bertz CT molecular complexity index is 766. The van der Waals surface area contributed by atoms with Gasteiger partial charge in [-0.1, -0.05) is 6.07 Å². The lowest BCUT2D eigenvalue weighted by Crippen LogP contribution is -2.34. The Kier molecular flexibility index (Phi) is 4.57. The SMILES string of the molecule is CC(C)Oc1ccc(NC(=O)C(C)(C)c2ccc3c(c2)OCO3)cc1. The lowest BCUT2D eigenvalue weighted by Gasteiger charge is -2.24. The van der Waals surface area contributed by atoms with Crippen LogP contribution in [0.1, 0.15) is 33.3 Å². The molecule has 132 valence electrons. The molecule has 0 saturated heterocycles. The molecule has 1 aliphatic rings. The molecule has 5 heteroatoms. The molecule has 1 amide bonds. The number of carbonyl (C=O) groups excluding carboxylic acids is 1. The zero-order valence-electron chi connectivity index (χ0n) is 15.0. The highest BCUT2D eigenvalue weighted by Crippen LogP contribution is 2.36. The van der Waals surface area contributed by atoms with Gasteiger partial charge in [0.2, 0.25) is 12.7 Å². The minimum Gasteiger partial charge on any atom is -0.491 e. The van der Waals surface area contributed by atoms with E-state index in [4.69, 9.17) is 14.2 Å². The number of nitrogens with one attached hydrogen (secondary N) is 1. The van der Waals surface area contributed by atoms with Crippen LogP contribution in [0.3, 0.4) is 0 Å². The maximum Gasteiger partial charge on any atom is 0.234 e. The highest BCUT2D eigenvalue weighted by atomic mass is 16.7. The van der Waals surface area contributed by atoms with Gasteiger partial charge in [0.15, 0.2) is 11.5 Å². The van der Waals surface area contributed by atoms with Crippen molar-refractivity contribution in [3.8, 4) is 17.2 Å². The van der Waals surface area contributed by atoms with Crippen molar-refractivity contribution in [2.75, 3.05) is 12.1 Å². The summed E-state index contributed by atoms with van der Waals surface area (Å²) in [6.45, 7) is 7.94. The van der Waals surface area contributed by atoms with Crippen LogP contribution in [0, 0.1) is 0 Å². The number of carbonyl (C=O) groups is 1. The van der Waals surface area contributed by atoms with Gasteiger partial charge in [0, 0.05) is 5.69 Å². The first-order valence-electron chi connectivity index (χ1n) is 8.34. The molecule has 3 rings (SSSR count). The molecule has 0 aliphatic carbocycles. The summed E-state index contributed by atoms with van der Waals surface area (Å²) in [5.74, 6) is 2.07. The van der Waals surface area contributed by atoms with Crippen molar-refractivity contribution in [2.24, 2.45) is 0 Å². The van der Waals surface area contributed by atoms with Gasteiger partial charge in [0.05, 0.1) is 11.5 Å². The predicted octanol–water partition coefficient (Wildman–Crippen LogP) is 4.12. The van der Waals surface area contributed by atoms with Gasteiger partial charge in [0.1, 0.15) is 5.75 Å². The first-order valence-corrected chi connectivity index (χ1v) is 8.34. The number of rotatable bonds is 5. The summed E-state index contributed by atoms with van der Waals surface area (Å²) in [5.41, 5.74) is 0.887. The third-order valence-electron chi connectivity index (χ3n) is 4.15. The van der Waals surface area contributed by atoms with Gasteiger partial charge in [-0.15, -0.1) is 0 Å². The standard InChI is InChI=1S/C20H23NO4/c1-13(2)25-16-8-6-15(7-9-16)21-19(22)20(3,4)14-5-10-17-18(11-14)24-12-23-17/h5-11,13H,12H2,1-4H3,(H,21,22). The summed E-state index contributed by atoms with van der Waals surface area (Å²) < 4.78 is 16.4. The van der Waals surface area contributed by atoms with E-state index in [-0.39, 0.29) is 18.8 Å². The van der Waals surface area contributed by atoms with Crippen molar-refractivity contribution in [1.82, 2.24) is 0 Å². The predicted molar refractivity (Wildman–Crippen MR) is 96.4 cm³/mol. The lowest BCUT2D eigenvalue weighted by molar-refractivity contribution is -0.120. The fraction of sp³-hybridized carbons (Fsp3) is 0.350. The Balaban J connectivity index is 1.73. The van der Waals surface area contributed by atoms with Crippen molar-refractivity contribution < 1.29 is 19.0 Å². The van der Waals surface area contributed by atoms with E-state index in [1.165, 1.54) is 0 Å². The molecule has 2 aromatic rings. The second-order valence-corrected chi connectivity index (χ2v) is 6.84. The van der Waals surface area contributed by atoms with Gasteiger partial charge >= 0.3 is 0 Å². The summed E-state index contributed by atoms with van der Waals surface area (Å²) >= 11 is 0. The number of hydrogen-bond donors (Lipinski definition) is 1. The molecule has 0 saturated carbocycles. The van der Waals surface area contributed by atoms with Gasteiger partial charge in [-0.3, -0.25) is 4.79 Å². The van der Waals surface area contributed by atoms with Crippen molar-refractivity contribution >= 4 is 11.6 Å². The maximum atomic E-state index is 12.8. The topological polar surface area (TPSA) is 56.8 Å². The molecule has 25 heavy (non-hydrogen) atoms. The minimum atomic E-state index is -0.714. The summed E-state index contributed by atoms with van der Waals surface area (Å²) in [4.78, 5) is 12.8. The fourth-order valence-electron chi connectivity index (χ4n) is 2.59. The monoisotopic (exact) mass is 341 g/mol. The van der Waals surface area contributed by atoms with Crippen LogP contribution in [0.5, 0.6) is 17.2 Å². The van der Waals surface area contributed by atoms with E-state index in [9.17, 15) is 4.79 Å². The van der Waals surface area contributed by atoms with Crippen LogP contribution in [-0.2, 0) is 10.2 Å². The summed E-state index contributed by atoms with van der Waals surface area (Å²) in [6.07, 6.45) is 0.116. The van der Waals surface area contributed by atoms with Crippen molar-refractivity contribution in [2.45, 2.75) is 39.2 Å². The fourth-order valence-corrected chi connectivity index (χ4v) is 2.59. The van der Waals surface area contributed by atoms with Crippen LogP contribution in [0.2, 0.25) is 0 Å². The van der Waals surface area contributed by atoms with E-state index >= 15 is 0 Å². The van der Waals surface area contributed by atoms with Gasteiger partial charge in [-0.05, 0) is 69.7 Å². The molecule has 0 atom stereocenters. The molecule has 1 heterocycles. The van der Waals surface area contributed by atoms with Gasteiger partial charge in [-0.25, -0.2) is 0 Å². The van der Waals surface area contributed by atoms with Gasteiger partial charge in [-0.2, -0.15) is 0 Å². The molecule has 0 radical (unpaired) electrons. The second-order valence-electron chi connectivity index (χ2n) is 6.84. The summed E-state index contributed by atoms with van der Waals surface area (Å²) in [5, 5.41) is 2.96. The summed E-state index contributed by atoms with van der Waals surface area (Å²) in [7, 11) is 0. The molecule has 0 spiro atoms. The molecule has 0 fully saturated rings. The third-order valence-corrected chi connectivity index (χ3v) is 4.15. The quantitative estimate of drug-likeness (QED) is 0.889. The van der Waals surface area contributed by atoms with Gasteiger partial charge < -0.3 is 19.5 Å². The van der Waals surface area contributed by atoms with Crippen LogP contribution >= 0.6 is 0 Å². The lowest BCUT2D eigenvalue weighted by atomic mass is 9.83. The molecule has 2 aromatic carbocycles. The maximum absolute atomic E-state index is 12.8. The average Bonchev–Trinajstić information content (AvgIpc) is 3.03. The number of amides is 1. The normalized spacial score (nSPS) is 13.0. The van der Waals surface area contributed by atoms with Crippen LogP contribution in [0.15, 0.2) is 42.5 Å². The van der Waals surface area contributed by atoms with E-state index in [1.807, 2.05) is 70.2 Å². The van der Waals surface area contributed by atoms with E-state index in [2.05, 4.69) is 5.32 Å². The molecule has 0 unspecified atom stereocenters. The highest BCUT2D eigenvalue weighted by molar-refractivity contribution is 5.98. The van der Waals surface area contributed by atoms with E-state index in [0.29, 0.717) is 11.5 Å². The number of anilines is 1. The van der Waals surface area contributed by atoms with Crippen LogP contribution in [0.25, 0.3) is 0 Å². The number of benzene rings is 2. The smallest absolute Gasteiger partial charge is 0.234 e. The van der Waals surface area contributed by atoms with Crippen molar-refractivity contribution in [3.05, 3.63) is 48.0 Å². The highest BCUT2D eigenvalue weighted by Gasteiger charge is 2.31. The van der Waals surface area contributed by atoms with Crippen molar-refractivity contribution in [1.29, 1.82) is 0 Å². The van der Waals surface area contributed by atoms with Crippen LogP contribution in [0.4, 0.5) is 5.69 Å². The van der Waals surface area contributed by atoms with E-state index in [0.717, 1.165) is 17.0 Å². The van der Waals surface area contributed by atoms with Crippen LogP contribution in [-0.4, -0.2) is 18.8 Å². The van der Waals surface area contributed by atoms with E-state index in [1.54, 1.807) is 0 Å². The Morgan fingerprint density at radius 3 is 2.44 bits per heavy atom. The largest absolute Gasteiger partial charge is 0.491 e. The number of fused-ring (bicyclic) bond motifs is 1. The molecule has 0 bridgehead atoms. The zero-order valence-corrected chi connectivity index (χ0v) is 15.0. The number of hydrogen-bond acceptors (Lipinski definition) is 4. The molecule has 5 nitrogen and oxygen atoms in total. The molecular weight excluding hydrogens is 318 g/mol. The molecule has 1 N–H and O–H groups in total. The Labute approximate surface area is 147 Å². The van der Waals surface area contributed by atoms with Crippen LogP contribution < -0.4 is 19.5 Å². The average molecular weight is 341 g/mol.